The topological polar surface area (TPSA) is 69.0 Å². The number of esters is 1. The molecule has 0 atom stereocenters. The summed E-state index contributed by atoms with van der Waals surface area (Å²) < 4.78 is 6.93. The summed E-state index contributed by atoms with van der Waals surface area (Å²) in [6, 6.07) is 0.224. The number of imidazole rings is 1. The summed E-state index contributed by atoms with van der Waals surface area (Å²) in [5.41, 5.74) is 1.17. The fourth-order valence-corrected chi connectivity index (χ4v) is 3.04. The van der Waals surface area contributed by atoms with Crippen molar-refractivity contribution in [1.29, 1.82) is 0 Å². The molecule has 124 valence electrons. The quantitative estimate of drug-likeness (QED) is 0.795. The number of hydrogen-bond acceptors (Lipinski definition) is 6. The first-order valence-electron chi connectivity index (χ1n) is 7.24. The van der Waals surface area contributed by atoms with Crippen LogP contribution in [0.3, 0.4) is 0 Å². The molecule has 0 saturated heterocycles. The molecule has 8 heteroatoms. The average molecular weight is 355 g/mol. The molecule has 2 rings (SSSR count). The molecular formula is C15H19ClN4O2S. The Hall–Kier alpha value is -1.86. The highest BCUT2D eigenvalue weighted by Gasteiger charge is 2.17. The van der Waals surface area contributed by atoms with Gasteiger partial charge in [0, 0.05) is 13.1 Å². The second-order valence-corrected chi connectivity index (χ2v) is 6.32. The maximum absolute atomic E-state index is 12.0. The van der Waals surface area contributed by atoms with Gasteiger partial charge in [-0.1, -0.05) is 22.9 Å². The van der Waals surface area contributed by atoms with Crippen LogP contribution in [0.25, 0.3) is 12.2 Å². The molecule has 0 unspecified atom stereocenters. The molecule has 0 fully saturated rings. The molecule has 1 N–H and O–H groups in total. The third-order valence-corrected chi connectivity index (χ3v) is 4.50. The van der Waals surface area contributed by atoms with Crippen LogP contribution in [-0.2, 0) is 4.74 Å². The van der Waals surface area contributed by atoms with Gasteiger partial charge in [0.2, 0.25) is 0 Å². The molecule has 2 aromatic rings. The first-order valence-corrected chi connectivity index (χ1v) is 8.43. The predicted molar refractivity (Wildman–Crippen MR) is 94.2 cm³/mol. The Bertz CT molecular complexity index is 721. The van der Waals surface area contributed by atoms with Gasteiger partial charge >= 0.3 is 5.97 Å². The first kappa shape index (κ1) is 17.5. The van der Waals surface area contributed by atoms with E-state index in [2.05, 4.69) is 15.3 Å². The number of rotatable bonds is 6. The zero-order valence-electron chi connectivity index (χ0n) is 13.5. The number of anilines is 1. The lowest BCUT2D eigenvalue weighted by Crippen LogP contribution is -2.03. The van der Waals surface area contributed by atoms with Crippen molar-refractivity contribution in [1.82, 2.24) is 14.5 Å². The van der Waals surface area contributed by atoms with Gasteiger partial charge in [-0.15, -0.1) is 0 Å². The summed E-state index contributed by atoms with van der Waals surface area (Å²) in [4.78, 5) is 21.1. The van der Waals surface area contributed by atoms with Crippen LogP contribution < -0.4 is 5.32 Å². The van der Waals surface area contributed by atoms with Crippen molar-refractivity contribution in [2.45, 2.75) is 26.8 Å². The predicted octanol–water partition coefficient (Wildman–Crippen LogP) is 3.96. The highest BCUT2D eigenvalue weighted by atomic mass is 35.5. The van der Waals surface area contributed by atoms with E-state index in [4.69, 9.17) is 16.3 Å². The summed E-state index contributed by atoms with van der Waals surface area (Å²) in [6.45, 7) is 6.14. The Labute approximate surface area is 144 Å². The Morgan fingerprint density at radius 1 is 1.48 bits per heavy atom. The van der Waals surface area contributed by atoms with Crippen LogP contribution in [0.15, 0.2) is 6.33 Å². The molecule has 0 aliphatic heterocycles. The molecule has 0 bridgehead atoms. The normalized spacial score (nSPS) is 11.4. The number of hydrogen-bond donors (Lipinski definition) is 1. The van der Waals surface area contributed by atoms with E-state index in [1.165, 1.54) is 11.3 Å². The minimum atomic E-state index is -0.384. The van der Waals surface area contributed by atoms with E-state index in [9.17, 15) is 4.79 Å². The second kappa shape index (κ2) is 7.61. The van der Waals surface area contributed by atoms with Crippen LogP contribution in [0.5, 0.6) is 0 Å². The average Bonchev–Trinajstić information content (AvgIpc) is 3.09. The largest absolute Gasteiger partial charge is 0.462 e. The van der Waals surface area contributed by atoms with Crippen LogP contribution in [0.2, 0.25) is 5.15 Å². The molecule has 2 heterocycles. The first-order chi connectivity index (χ1) is 11.0. The van der Waals surface area contributed by atoms with Crippen molar-refractivity contribution < 1.29 is 9.53 Å². The summed E-state index contributed by atoms with van der Waals surface area (Å²) in [5, 5.41) is 4.13. The summed E-state index contributed by atoms with van der Waals surface area (Å²) in [5.74, 6) is -0.384. The zero-order valence-corrected chi connectivity index (χ0v) is 15.0. The number of halogens is 1. The molecule has 0 amide bonds. The van der Waals surface area contributed by atoms with Gasteiger partial charge in [-0.25, -0.2) is 14.8 Å². The van der Waals surface area contributed by atoms with Gasteiger partial charge in [-0.3, -0.25) is 0 Å². The smallest absolute Gasteiger partial charge is 0.350 e. The number of ether oxygens (including phenoxy) is 1. The maximum atomic E-state index is 12.0. The number of thiazole rings is 1. The molecule has 0 aromatic carbocycles. The van der Waals surface area contributed by atoms with E-state index in [0.717, 1.165) is 0 Å². The van der Waals surface area contributed by atoms with E-state index in [-0.39, 0.29) is 12.0 Å². The van der Waals surface area contributed by atoms with Gasteiger partial charge < -0.3 is 14.6 Å². The van der Waals surface area contributed by atoms with Crippen molar-refractivity contribution in [2.24, 2.45) is 0 Å². The van der Waals surface area contributed by atoms with Gasteiger partial charge in [-0.05, 0) is 32.9 Å². The van der Waals surface area contributed by atoms with Gasteiger partial charge in [0.15, 0.2) is 5.13 Å². The van der Waals surface area contributed by atoms with Crippen LogP contribution >= 0.6 is 22.9 Å². The number of nitrogens with one attached hydrogen (secondary N) is 1. The molecular weight excluding hydrogens is 336 g/mol. The highest BCUT2D eigenvalue weighted by molar-refractivity contribution is 7.17. The van der Waals surface area contributed by atoms with Crippen LogP contribution in [0.1, 0.15) is 47.9 Å². The highest BCUT2D eigenvalue weighted by Crippen LogP contribution is 2.26. The van der Waals surface area contributed by atoms with E-state index in [0.29, 0.717) is 33.2 Å². The lowest BCUT2D eigenvalue weighted by Gasteiger charge is -2.06. The third-order valence-electron chi connectivity index (χ3n) is 3.04. The van der Waals surface area contributed by atoms with E-state index in [1.807, 2.05) is 18.4 Å². The van der Waals surface area contributed by atoms with Gasteiger partial charge in [0.25, 0.3) is 0 Å². The van der Waals surface area contributed by atoms with Crippen LogP contribution in [0, 0.1) is 0 Å². The molecule has 6 nitrogen and oxygen atoms in total. The fourth-order valence-electron chi connectivity index (χ4n) is 1.89. The molecule has 0 aliphatic carbocycles. The minimum Gasteiger partial charge on any atom is -0.462 e. The zero-order chi connectivity index (χ0) is 17.0. The Kier molecular flexibility index (Phi) is 5.79. The van der Waals surface area contributed by atoms with Crippen LogP contribution in [-0.4, -0.2) is 34.2 Å². The molecule has 23 heavy (non-hydrogen) atoms. The Balaban J connectivity index is 2.32. The van der Waals surface area contributed by atoms with E-state index >= 15 is 0 Å². The third kappa shape index (κ3) is 3.92. The number of nitrogens with zero attached hydrogens (tertiary/aromatic N) is 3. The number of carbonyl (C=O) groups is 1. The fraction of sp³-hybridized carbons (Fsp3) is 0.400. The van der Waals surface area contributed by atoms with Crippen molar-refractivity contribution in [2.75, 3.05) is 19.0 Å². The van der Waals surface area contributed by atoms with Gasteiger partial charge in [0.05, 0.1) is 18.6 Å². The summed E-state index contributed by atoms with van der Waals surface area (Å²) in [6.07, 6.45) is 5.17. The lowest BCUT2D eigenvalue weighted by molar-refractivity contribution is 0.0531. The lowest BCUT2D eigenvalue weighted by atomic mass is 10.3. The number of carbonyl (C=O) groups excluding carboxylic acids is 1. The van der Waals surface area contributed by atoms with E-state index < -0.39 is 0 Å². The van der Waals surface area contributed by atoms with Gasteiger partial charge in [-0.2, -0.15) is 0 Å². The molecule has 0 radical (unpaired) electrons. The molecule has 0 spiro atoms. The van der Waals surface area contributed by atoms with Crippen molar-refractivity contribution in [3.8, 4) is 0 Å². The van der Waals surface area contributed by atoms with Crippen molar-refractivity contribution >= 4 is 46.2 Å². The van der Waals surface area contributed by atoms with Gasteiger partial charge in [0.1, 0.15) is 15.7 Å². The Morgan fingerprint density at radius 2 is 2.17 bits per heavy atom. The summed E-state index contributed by atoms with van der Waals surface area (Å²) >= 11 is 7.55. The summed E-state index contributed by atoms with van der Waals surface area (Å²) in [7, 11) is 1.75. The maximum Gasteiger partial charge on any atom is 0.350 e. The minimum absolute atomic E-state index is 0.224. The molecule has 2 aromatic heterocycles. The van der Waals surface area contributed by atoms with Crippen molar-refractivity contribution in [3.63, 3.8) is 0 Å². The molecule has 0 saturated carbocycles. The van der Waals surface area contributed by atoms with Crippen molar-refractivity contribution in [3.05, 3.63) is 27.7 Å². The monoisotopic (exact) mass is 354 g/mol. The van der Waals surface area contributed by atoms with E-state index in [1.54, 1.807) is 32.5 Å². The SMILES string of the molecule is CCOC(=O)c1sc(NC)nc1/C=C/c1ncn(C(C)C)c1Cl. The second-order valence-electron chi connectivity index (χ2n) is 4.96. The van der Waals surface area contributed by atoms with Crippen LogP contribution in [0.4, 0.5) is 5.13 Å². The standard InChI is InChI=1S/C15H19ClN4O2S/c1-5-22-14(21)12-10(19-15(17-4)23-12)6-7-11-13(16)20(8-18-11)9(2)3/h6-9H,5H2,1-4H3,(H,17,19)/b7-6+. The Morgan fingerprint density at radius 3 is 2.74 bits per heavy atom. The number of aromatic nitrogens is 3. The molecule has 0 aliphatic rings.